The average molecular weight is 208 g/mol. The van der Waals surface area contributed by atoms with Gasteiger partial charge in [-0.3, -0.25) is 0 Å². The van der Waals surface area contributed by atoms with Crippen molar-refractivity contribution in [3.8, 4) is 0 Å². The van der Waals surface area contributed by atoms with Gasteiger partial charge in [-0.2, -0.15) is 0 Å². The van der Waals surface area contributed by atoms with E-state index >= 15 is 0 Å². The van der Waals surface area contributed by atoms with Gasteiger partial charge in [0, 0.05) is 27.2 Å². The van der Waals surface area contributed by atoms with E-state index in [1.54, 1.807) is 0 Å². The second kappa shape index (κ2) is 7.50. The Labute approximate surface area is 84.2 Å². The van der Waals surface area contributed by atoms with Gasteiger partial charge in [-0.25, -0.2) is 0 Å². The lowest BCUT2D eigenvalue weighted by Crippen LogP contribution is -2.45. The van der Waals surface area contributed by atoms with Crippen molar-refractivity contribution in [2.24, 2.45) is 0 Å². The lowest BCUT2D eigenvalue weighted by molar-refractivity contribution is 0.0712. The molecule has 0 bridgehead atoms. The minimum absolute atomic E-state index is 0.405. The second-order valence-electron chi connectivity index (χ2n) is 2.59. The van der Waals surface area contributed by atoms with Crippen molar-refractivity contribution in [2.45, 2.75) is 40.1 Å². The summed E-state index contributed by atoms with van der Waals surface area (Å²) in [5.74, 6) is 0. The minimum atomic E-state index is -2.44. The van der Waals surface area contributed by atoms with E-state index in [1.807, 2.05) is 20.8 Å². The number of hydrogen-bond donors (Lipinski definition) is 0. The van der Waals surface area contributed by atoms with E-state index in [4.69, 9.17) is 14.6 Å². The summed E-state index contributed by atoms with van der Waals surface area (Å²) in [6.07, 6.45) is 0.784. The van der Waals surface area contributed by atoms with Crippen LogP contribution in [0.1, 0.15) is 35.5 Å². The maximum atomic E-state index is 7.13. The Hall–Kier alpha value is 0.0969. The zero-order valence-corrected chi connectivity index (χ0v) is 9.97. The fourth-order valence-electron chi connectivity index (χ4n) is 1.22. The third-order valence-corrected chi connectivity index (χ3v) is 4.73. The molecule has 0 aromatic carbocycles. The Kier molecular flexibility index (Phi) is 6.44. The van der Waals surface area contributed by atoms with E-state index < -0.39 is 8.80 Å². The molecular weight excluding hydrogens is 184 g/mol. The molecule has 0 aliphatic rings. The molecule has 80 valence electrons. The maximum absolute atomic E-state index is 7.13. The predicted molar refractivity (Wildman–Crippen MR) is 55.7 cm³/mol. The van der Waals surface area contributed by atoms with Gasteiger partial charge < -0.3 is 13.3 Å². The standard InChI is InChI=1S/C9H22O3Si/c1-5-9-13(10-6-2,11-7-3)12-8-4/h5-9H2,1-4H3/i1T. The molecule has 0 amide bonds. The Morgan fingerprint density at radius 1 is 1.00 bits per heavy atom. The highest BCUT2D eigenvalue weighted by atomic mass is 28.4. The molecule has 0 N–H and O–H groups in total. The molecule has 0 fully saturated rings. The van der Waals surface area contributed by atoms with E-state index in [0.717, 1.165) is 12.5 Å². The van der Waals surface area contributed by atoms with E-state index in [2.05, 4.69) is 0 Å². The Morgan fingerprint density at radius 3 is 1.77 bits per heavy atom. The highest BCUT2D eigenvalue weighted by molar-refractivity contribution is 6.60. The maximum Gasteiger partial charge on any atom is 0.500 e. The lowest BCUT2D eigenvalue weighted by Gasteiger charge is -2.27. The zero-order valence-electron chi connectivity index (χ0n) is 9.97. The second-order valence-corrected chi connectivity index (χ2v) is 5.32. The van der Waals surface area contributed by atoms with Crippen molar-refractivity contribution in [3.63, 3.8) is 0 Å². The third-order valence-electron chi connectivity index (χ3n) is 1.58. The van der Waals surface area contributed by atoms with Crippen LogP contribution in [0.15, 0.2) is 0 Å². The summed E-state index contributed by atoms with van der Waals surface area (Å²) in [6, 6.07) is 0.756. The normalized spacial score (nSPS) is 13.0. The summed E-state index contributed by atoms with van der Waals surface area (Å²) < 4.78 is 24.0. The molecule has 0 radical (unpaired) electrons. The quantitative estimate of drug-likeness (QED) is 0.573. The molecule has 0 aliphatic heterocycles. The molecule has 0 atom stereocenters. The molecule has 0 saturated heterocycles. The third kappa shape index (κ3) is 4.76. The Bertz CT molecular complexity index is 118. The predicted octanol–water partition coefficient (Wildman–Crippen LogP) is 2.44. The van der Waals surface area contributed by atoms with Crippen LogP contribution in [0.25, 0.3) is 0 Å². The molecule has 0 aromatic heterocycles. The van der Waals surface area contributed by atoms with Crippen LogP contribution in [0.2, 0.25) is 6.04 Å². The van der Waals surface area contributed by atoms with Crippen LogP contribution in [0, 0.1) is 0 Å². The van der Waals surface area contributed by atoms with Gasteiger partial charge in [-0.15, -0.1) is 0 Å². The topological polar surface area (TPSA) is 27.7 Å². The molecule has 0 aromatic rings. The molecular formula is C9H22O3Si. The largest absolute Gasteiger partial charge is 0.500 e. The molecule has 0 aliphatic carbocycles. The fraction of sp³-hybridized carbons (Fsp3) is 1.00. The van der Waals surface area contributed by atoms with Gasteiger partial charge in [0.25, 0.3) is 0 Å². The molecule has 3 nitrogen and oxygen atoms in total. The van der Waals surface area contributed by atoms with Crippen molar-refractivity contribution in [2.75, 3.05) is 19.8 Å². The van der Waals surface area contributed by atoms with Gasteiger partial charge in [0.1, 0.15) is 0 Å². The molecule has 0 unspecified atom stereocenters. The van der Waals surface area contributed by atoms with Crippen molar-refractivity contribution in [1.82, 2.24) is 0 Å². The molecule has 4 heteroatoms. The first kappa shape index (κ1) is 11.2. The van der Waals surface area contributed by atoms with Crippen molar-refractivity contribution in [1.29, 1.82) is 0 Å². The van der Waals surface area contributed by atoms with Crippen molar-refractivity contribution >= 4 is 8.80 Å². The van der Waals surface area contributed by atoms with Crippen LogP contribution in [0.3, 0.4) is 0 Å². The van der Waals surface area contributed by atoms with Crippen LogP contribution >= 0.6 is 0 Å². The van der Waals surface area contributed by atoms with E-state index in [0.29, 0.717) is 26.7 Å². The average Bonchev–Trinajstić information content (AvgIpc) is 2.16. The smallest absolute Gasteiger partial charge is 0.374 e. The number of rotatable bonds is 8. The van der Waals surface area contributed by atoms with Crippen LogP contribution in [0.4, 0.5) is 0 Å². The van der Waals surface area contributed by atoms with Crippen LogP contribution in [-0.2, 0) is 13.3 Å². The summed E-state index contributed by atoms with van der Waals surface area (Å²) in [7, 11) is -2.44. The van der Waals surface area contributed by atoms with Crippen LogP contribution < -0.4 is 0 Å². The summed E-state index contributed by atoms with van der Waals surface area (Å²) in [5.41, 5.74) is 0. The molecule has 0 rings (SSSR count). The Morgan fingerprint density at radius 2 is 1.46 bits per heavy atom. The van der Waals surface area contributed by atoms with Gasteiger partial charge >= 0.3 is 8.80 Å². The lowest BCUT2D eigenvalue weighted by atomic mass is 10.6. The molecule has 0 spiro atoms. The summed E-state index contributed by atoms with van der Waals surface area (Å²) in [6.45, 7) is 8.09. The highest BCUT2D eigenvalue weighted by Crippen LogP contribution is 2.17. The van der Waals surface area contributed by atoms with Gasteiger partial charge in [-0.1, -0.05) is 13.3 Å². The van der Waals surface area contributed by atoms with Gasteiger partial charge in [0.2, 0.25) is 0 Å². The van der Waals surface area contributed by atoms with Crippen LogP contribution in [0.5, 0.6) is 0 Å². The van der Waals surface area contributed by atoms with Crippen LogP contribution in [-0.4, -0.2) is 28.6 Å². The summed E-state index contributed by atoms with van der Waals surface area (Å²) in [4.78, 5) is 0. The van der Waals surface area contributed by atoms with E-state index in [1.165, 1.54) is 0 Å². The first-order valence-electron chi connectivity index (χ1n) is 5.66. The molecule has 13 heavy (non-hydrogen) atoms. The molecule has 0 heterocycles. The first-order chi connectivity index (χ1) is 6.74. The van der Waals surface area contributed by atoms with Crippen molar-refractivity contribution in [3.05, 3.63) is 0 Å². The van der Waals surface area contributed by atoms with Crippen molar-refractivity contribution < 1.29 is 14.6 Å². The zero-order chi connectivity index (χ0) is 10.9. The summed E-state index contributed by atoms with van der Waals surface area (Å²) >= 11 is 0. The van der Waals surface area contributed by atoms with Gasteiger partial charge in [0.15, 0.2) is 0 Å². The highest BCUT2D eigenvalue weighted by Gasteiger charge is 2.38. The number of hydrogen-bond acceptors (Lipinski definition) is 3. The van der Waals surface area contributed by atoms with E-state index in [-0.39, 0.29) is 0 Å². The molecule has 0 saturated carbocycles. The SMILES string of the molecule is [3H]CCC[Si](OCC)(OCC)OCC. The Balaban J connectivity index is 4.21. The first-order valence-corrected chi connectivity index (χ1v) is 6.89. The van der Waals surface area contributed by atoms with E-state index in [9.17, 15) is 0 Å². The minimum Gasteiger partial charge on any atom is -0.374 e. The summed E-state index contributed by atoms with van der Waals surface area (Å²) in [5, 5.41) is 0. The monoisotopic (exact) mass is 208 g/mol. The van der Waals surface area contributed by atoms with Gasteiger partial charge in [-0.05, 0) is 20.8 Å². The fourth-order valence-corrected chi connectivity index (χ4v) is 3.65. The van der Waals surface area contributed by atoms with Gasteiger partial charge in [0.05, 0.1) is 0 Å².